The first-order chi connectivity index (χ1) is 9.45. The van der Waals surface area contributed by atoms with E-state index in [4.69, 9.17) is 0 Å². The molecule has 8 heteroatoms. The van der Waals surface area contributed by atoms with Crippen LogP contribution in [0.25, 0.3) is 0 Å². The molecule has 0 aliphatic carbocycles. The molecule has 0 saturated heterocycles. The summed E-state index contributed by atoms with van der Waals surface area (Å²) in [6.45, 7) is 0. The Morgan fingerprint density at radius 2 is 2.20 bits per heavy atom. The molecule has 0 radical (unpaired) electrons. The zero-order valence-electron chi connectivity index (χ0n) is 9.98. The number of hydrogen-bond donors (Lipinski definition) is 1. The number of alkyl halides is 3. The summed E-state index contributed by atoms with van der Waals surface area (Å²) in [5, 5.41) is 4.75. The third-order valence-electron chi connectivity index (χ3n) is 2.21. The van der Waals surface area contributed by atoms with Crippen LogP contribution in [-0.4, -0.2) is 16.6 Å². The van der Waals surface area contributed by atoms with Crippen LogP contribution in [0.4, 0.5) is 18.3 Å². The number of anilines is 1. The van der Waals surface area contributed by atoms with Crippen molar-refractivity contribution in [2.24, 2.45) is 0 Å². The Morgan fingerprint density at radius 3 is 2.85 bits per heavy atom. The summed E-state index contributed by atoms with van der Waals surface area (Å²) in [5.41, 5.74) is -0.720. The monoisotopic (exact) mass is 318 g/mol. The van der Waals surface area contributed by atoms with Gasteiger partial charge in [0.15, 0.2) is 5.13 Å². The molecule has 0 unspecified atom stereocenters. The van der Waals surface area contributed by atoms with E-state index in [1.807, 2.05) is 0 Å². The fraction of sp³-hybridized carbons (Fsp3) is 0.167. The van der Waals surface area contributed by atoms with Crippen molar-refractivity contribution < 1.29 is 18.0 Å². The molecule has 0 aliphatic heterocycles. The van der Waals surface area contributed by atoms with Gasteiger partial charge in [-0.15, -0.1) is 23.1 Å². The van der Waals surface area contributed by atoms with Gasteiger partial charge in [0.2, 0.25) is 5.91 Å². The number of benzene rings is 1. The first kappa shape index (κ1) is 14.9. The van der Waals surface area contributed by atoms with Crippen molar-refractivity contribution in [2.45, 2.75) is 11.1 Å². The molecule has 0 fully saturated rings. The first-order valence-electron chi connectivity index (χ1n) is 5.44. The Labute approximate surface area is 121 Å². The lowest BCUT2D eigenvalue weighted by Gasteiger charge is -2.08. The van der Waals surface area contributed by atoms with Gasteiger partial charge in [0.05, 0.1) is 11.3 Å². The molecular weight excluding hydrogens is 309 g/mol. The maximum Gasteiger partial charge on any atom is 0.416 e. The van der Waals surface area contributed by atoms with Crippen molar-refractivity contribution in [3.05, 3.63) is 41.4 Å². The van der Waals surface area contributed by atoms with Gasteiger partial charge in [-0.25, -0.2) is 4.98 Å². The SMILES string of the molecule is O=C(CSc1cccc(C(F)(F)F)c1)Nc1nccs1. The number of carbonyl (C=O) groups excluding carboxylic acids is 1. The van der Waals surface area contributed by atoms with Gasteiger partial charge in [-0.2, -0.15) is 13.2 Å². The van der Waals surface area contributed by atoms with E-state index in [0.717, 1.165) is 23.9 Å². The maximum atomic E-state index is 12.5. The number of nitrogens with one attached hydrogen (secondary N) is 1. The Morgan fingerprint density at radius 1 is 1.40 bits per heavy atom. The summed E-state index contributed by atoms with van der Waals surface area (Å²) in [6.07, 6.45) is -2.82. The summed E-state index contributed by atoms with van der Waals surface area (Å²) in [5.74, 6) is -0.275. The molecule has 1 aromatic heterocycles. The molecule has 3 nitrogen and oxygen atoms in total. The molecule has 1 aromatic carbocycles. The average Bonchev–Trinajstić information content (AvgIpc) is 2.88. The molecule has 2 rings (SSSR count). The standard InChI is InChI=1S/C12H9F3N2OS2/c13-12(14,15)8-2-1-3-9(6-8)20-7-10(18)17-11-16-4-5-19-11/h1-6H,7H2,(H,16,17,18). The van der Waals surface area contributed by atoms with Crippen molar-refractivity contribution in [2.75, 3.05) is 11.1 Å². The number of thiazole rings is 1. The first-order valence-corrected chi connectivity index (χ1v) is 7.31. The molecule has 0 bridgehead atoms. The maximum absolute atomic E-state index is 12.5. The lowest BCUT2D eigenvalue weighted by Crippen LogP contribution is -2.13. The third-order valence-corrected chi connectivity index (χ3v) is 3.89. The molecular formula is C12H9F3N2OS2. The number of hydrogen-bond acceptors (Lipinski definition) is 4. The van der Waals surface area contributed by atoms with Crippen LogP contribution in [-0.2, 0) is 11.0 Å². The molecule has 1 amide bonds. The Balaban J connectivity index is 1.92. The van der Waals surface area contributed by atoms with Crippen molar-refractivity contribution >= 4 is 34.1 Å². The predicted molar refractivity (Wildman–Crippen MR) is 72.9 cm³/mol. The highest BCUT2D eigenvalue weighted by Gasteiger charge is 2.30. The molecule has 106 valence electrons. The van der Waals surface area contributed by atoms with Crippen molar-refractivity contribution in [3.63, 3.8) is 0 Å². The van der Waals surface area contributed by atoms with Gasteiger partial charge in [0.25, 0.3) is 0 Å². The zero-order chi connectivity index (χ0) is 14.6. The second kappa shape index (κ2) is 6.27. The van der Waals surface area contributed by atoms with Crippen LogP contribution in [0.2, 0.25) is 0 Å². The highest BCUT2D eigenvalue weighted by atomic mass is 32.2. The minimum absolute atomic E-state index is 0.0287. The Hall–Kier alpha value is -1.54. The van der Waals surface area contributed by atoms with Gasteiger partial charge in [-0.05, 0) is 18.2 Å². The van der Waals surface area contributed by atoms with Crippen LogP contribution in [0.5, 0.6) is 0 Å². The van der Waals surface area contributed by atoms with E-state index < -0.39 is 11.7 Å². The number of carbonyl (C=O) groups is 1. The summed E-state index contributed by atoms with van der Waals surface area (Å²) in [4.78, 5) is 15.9. The minimum Gasteiger partial charge on any atom is -0.301 e. The van der Waals surface area contributed by atoms with Crippen LogP contribution in [0.1, 0.15) is 5.56 Å². The quantitative estimate of drug-likeness (QED) is 0.870. The van der Waals surface area contributed by atoms with Crippen LogP contribution in [0.3, 0.4) is 0 Å². The summed E-state index contributed by atoms with van der Waals surface area (Å²) in [7, 11) is 0. The number of halogens is 3. The smallest absolute Gasteiger partial charge is 0.301 e. The molecule has 20 heavy (non-hydrogen) atoms. The average molecular weight is 318 g/mol. The van der Waals surface area contributed by atoms with E-state index in [1.54, 1.807) is 11.6 Å². The number of rotatable bonds is 4. The molecule has 0 atom stereocenters. The lowest BCUT2D eigenvalue weighted by atomic mass is 10.2. The minimum atomic E-state index is -4.38. The van der Waals surface area contributed by atoms with Crippen LogP contribution in [0.15, 0.2) is 40.7 Å². The zero-order valence-corrected chi connectivity index (χ0v) is 11.6. The van der Waals surface area contributed by atoms with E-state index in [1.165, 1.54) is 23.5 Å². The highest BCUT2D eigenvalue weighted by molar-refractivity contribution is 8.00. The molecule has 0 saturated carbocycles. The van der Waals surface area contributed by atoms with Gasteiger partial charge < -0.3 is 5.32 Å². The fourth-order valence-corrected chi connectivity index (χ4v) is 2.65. The molecule has 0 spiro atoms. The highest BCUT2D eigenvalue weighted by Crippen LogP contribution is 2.31. The van der Waals surface area contributed by atoms with Gasteiger partial charge in [0, 0.05) is 16.5 Å². The van der Waals surface area contributed by atoms with Crippen LogP contribution >= 0.6 is 23.1 Å². The summed E-state index contributed by atoms with van der Waals surface area (Å²) in [6, 6.07) is 4.89. The predicted octanol–water partition coefficient (Wildman–Crippen LogP) is 3.89. The van der Waals surface area contributed by atoms with E-state index >= 15 is 0 Å². The van der Waals surface area contributed by atoms with Crippen molar-refractivity contribution in [3.8, 4) is 0 Å². The van der Waals surface area contributed by atoms with Crippen molar-refractivity contribution in [1.82, 2.24) is 4.98 Å². The van der Waals surface area contributed by atoms with E-state index in [9.17, 15) is 18.0 Å². The van der Waals surface area contributed by atoms with E-state index in [2.05, 4.69) is 10.3 Å². The lowest BCUT2D eigenvalue weighted by molar-refractivity contribution is -0.137. The van der Waals surface area contributed by atoms with E-state index in [0.29, 0.717) is 10.0 Å². The van der Waals surface area contributed by atoms with Gasteiger partial charge >= 0.3 is 6.18 Å². The second-order valence-corrected chi connectivity index (χ2v) is 5.64. The van der Waals surface area contributed by atoms with Crippen molar-refractivity contribution in [1.29, 1.82) is 0 Å². The normalized spacial score (nSPS) is 11.3. The van der Waals surface area contributed by atoms with Crippen LogP contribution in [0, 0.1) is 0 Å². The number of aromatic nitrogens is 1. The Kier molecular flexibility index (Phi) is 4.66. The third kappa shape index (κ3) is 4.24. The largest absolute Gasteiger partial charge is 0.416 e. The molecule has 0 aliphatic rings. The molecule has 1 heterocycles. The van der Waals surface area contributed by atoms with E-state index in [-0.39, 0.29) is 11.7 Å². The van der Waals surface area contributed by atoms with Gasteiger partial charge in [-0.1, -0.05) is 6.07 Å². The van der Waals surface area contributed by atoms with Gasteiger partial charge in [0.1, 0.15) is 0 Å². The Bertz CT molecular complexity index is 585. The number of thioether (sulfide) groups is 1. The topological polar surface area (TPSA) is 42.0 Å². The van der Waals surface area contributed by atoms with Gasteiger partial charge in [-0.3, -0.25) is 4.79 Å². The molecule has 2 aromatic rings. The fourth-order valence-electron chi connectivity index (χ4n) is 1.35. The second-order valence-electron chi connectivity index (χ2n) is 3.70. The molecule has 1 N–H and O–H groups in total. The van der Waals surface area contributed by atoms with Crippen LogP contribution < -0.4 is 5.32 Å². The number of amides is 1. The summed E-state index contributed by atoms with van der Waals surface area (Å²) >= 11 is 2.32. The summed E-state index contributed by atoms with van der Waals surface area (Å²) < 4.78 is 37.6. The number of nitrogens with zero attached hydrogens (tertiary/aromatic N) is 1.